The maximum Gasteiger partial charge on any atom is 0.303 e. The predicted molar refractivity (Wildman–Crippen MR) is 81.3 cm³/mol. The Labute approximate surface area is 123 Å². The lowest BCUT2D eigenvalue weighted by Gasteiger charge is -2.26. The summed E-state index contributed by atoms with van der Waals surface area (Å²) in [5.41, 5.74) is 0.720. The van der Waals surface area contributed by atoms with Crippen LogP contribution < -0.4 is 5.56 Å². The van der Waals surface area contributed by atoms with Crippen molar-refractivity contribution in [2.75, 3.05) is 0 Å². The highest BCUT2D eigenvalue weighted by atomic mass is 16.6. The van der Waals surface area contributed by atoms with E-state index in [-0.39, 0.29) is 18.1 Å². The summed E-state index contributed by atoms with van der Waals surface area (Å²) in [6.45, 7) is 8.87. The third-order valence-electron chi connectivity index (χ3n) is 3.34. The number of ether oxygens (including phenoxy) is 1. The Hall–Kier alpha value is -2.17. The monoisotopic (exact) mass is 288 g/mol. The van der Waals surface area contributed by atoms with Crippen molar-refractivity contribution in [1.82, 2.24) is 9.55 Å². The number of carbonyl (C=O) groups is 1. The summed E-state index contributed by atoms with van der Waals surface area (Å²) in [4.78, 5) is 28.4. The van der Waals surface area contributed by atoms with Gasteiger partial charge in [-0.05, 0) is 39.3 Å². The summed E-state index contributed by atoms with van der Waals surface area (Å²) in [7, 11) is 0. The lowest BCUT2D eigenvalue weighted by Crippen LogP contribution is -2.38. The van der Waals surface area contributed by atoms with Gasteiger partial charge in [0.25, 0.3) is 5.56 Å². The second-order valence-electron chi connectivity index (χ2n) is 5.87. The van der Waals surface area contributed by atoms with Gasteiger partial charge in [-0.1, -0.05) is 12.1 Å². The van der Waals surface area contributed by atoms with Crippen LogP contribution in [0.2, 0.25) is 0 Å². The molecular formula is C16H20N2O3. The molecule has 0 atom stereocenters. The van der Waals surface area contributed by atoms with E-state index in [1.54, 1.807) is 25.3 Å². The summed E-state index contributed by atoms with van der Waals surface area (Å²) in [5, 5.41) is 0.613. The van der Waals surface area contributed by atoms with Crippen molar-refractivity contribution in [2.24, 2.45) is 0 Å². The maximum atomic E-state index is 12.7. The number of hydrogen-bond donors (Lipinski definition) is 0. The smallest absolute Gasteiger partial charge is 0.303 e. The maximum absolute atomic E-state index is 12.7. The van der Waals surface area contributed by atoms with Gasteiger partial charge in [-0.3, -0.25) is 14.2 Å². The van der Waals surface area contributed by atoms with Crippen LogP contribution in [0.5, 0.6) is 0 Å². The zero-order chi connectivity index (χ0) is 15.8. The number of esters is 1. The first-order valence-corrected chi connectivity index (χ1v) is 6.87. The van der Waals surface area contributed by atoms with Gasteiger partial charge < -0.3 is 4.74 Å². The van der Waals surface area contributed by atoms with E-state index in [2.05, 4.69) is 4.98 Å². The lowest BCUT2D eigenvalue weighted by atomic mass is 10.1. The zero-order valence-corrected chi connectivity index (χ0v) is 13.1. The Kier molecular flexibility index (Phi) is 3.85. The normalized spacial score (nSPS) is 11.7. The van der Waals surface area contributed by atoms with Gasteiger partial charge in [0.2, 0.25) is 0 Å². The molecule has 2 rings (SSSR count). The quantitative estimate of drug-likeness (QED) is 0.813. The van der Waals surface area contributed by atoms with E-state index >= 15 is 0 Å². The molecule has 0 saturated carbocycles. The van der Waals surface area contributed by atoms with Crippen molar-refractivity contribution < 1.29 is 9.53 Å². The van der Waals surface area contributed by atoms with Crippen LogP contribution in [-0.2, 0) is 16.1 Å². The van der Waals surface area contributed by atoms with E-state index in [4.69, 9.17) is 4.74 Å². The first-order valence-electron chi connectivity index (χ1n) is 6.87. The van der Waals surface area contributed by atoms with E-state index in [1.165, 1.54) is 6.92 Å². The summed E-state index contributed by atoms with van der Waals surface area (Å²) in [6.07, 6.45) is 0. The Morgan fingerprint density at radius 2 is 2.00 bits per heavy atom. The van der Waals surface area contributed by atoms with Crippen LogP contribution in [-0.4, -0.2) is 21.1 Å². The Morgan fingerprint density at radius 1 is 1.33 bits per heavy atom. The molecule has 0 saturated heterocycles. The zero-order valence-electron chi connectivity index (χ0n) is 13.1. The lowest BCUT2D eigenvalue weighted by molar-refractivity contribution is -0.154. The molecule has 0 aliphatic carbocycles. The molecule has 112 valence electrons. The number of benzene rings is 1. The molecule has 0 radical (unpaired) electrons. The van der Waals surface area contributed by atoms with Crippen molar-refractivity contribution >= 4 is 16.9 Å². The van der Waals surface area contributed by atoms with Gasteiger partial charge in [-0.25, -0.2) is 4.98 Å². The van der Waals surface area contributed by atoms with E-state index in [0.717, 1.165) is 5.56 Å². The van der Waals surface area contributed by atoms with Gasteiger partial charge in [0.15, 0.2) is 0 Å². The fraction of sp³-hybridized carbons (Fsp3) is 0.438. The number of aryl methyl sites for hydroxylation is 2. The molecule has 0 bridgehead atoms. The van der Waals surface area contributed by atoms with E-state index in [0.29, 0.717) is 16.7 Å². The highest BCUT2D eigenvalue weighted by molar-refractivity contribution is 5.81. The topological polar surface area (TPSA) is 61.2 Å². The molecule has 5 heteroatoms. The Balaban J connectivity index is 2.57. The predicted octanol–water partition coefficient (Wildman–Crippen LogP) is 2.36. The summed E-state index contributed by atoms with van der Waals surface area (Å²) in [6, 6.07) is 5.61. The van der Waals surface area contributed by atoms with Gasteiger partial charge in [-0.15, -0.1) is 0 Å². The summed E-state index contributed by atoms with van der Waals surface area (Å²) < 4.78 is 6.84. The van der Waals surface area contributed by atoms with Crippen LogP contribution in [0.3, 0.4) is 0 Å². The van der Waals surface area contributed by atoms with Crippen LogP contribution in [0.4, 0.5) is 0 Å². The number of hydrogen-bond acceptors (Lipinski definition) is 4. The van der Waals surface area contributed by atoms with Crippen LogP contribution in [0.15, 0.2) is 23.0 Å². The highest BCUT2D eigenvalue weighted by Crippen LogP contribution is 2.16. The molecule has 0 aliphatic heterocycles. The second kappa shape index (κ2) is 5.31. The van der Waals surface area contributed by atoms with Crippen LogP contribution in [0, 0.1) is 13.8 Å². The SMILES string of the molecule is CC(=O)OC(C)(C)Cn1c(C)nc2cccc(C)c2c1=O. The molecule has 1 aromatic heterocycles. The van der Waals surface area contributed by atoms with Crippen LogP contribution >= 0.6 is 0 Å². The largest absolute Gasteiger partial charge is 0.458 e. The molecule has 21 heavy (non-hydrogen) atoms. The fourth-order valence-corrected chi connectivity index (χ4v) is 2.53. The Morgan fingerprint density at radius 3 is 2.62 bits per heavy atom. The number of rotatable bonds is 3. The number of carbonyl (C=O) groups excluding carboxylic acids is 1. The molecule has 0 unspecified atom stereocenters. The third-order valence-corrected chi connectivity index (χ3v) is 3.34. The van der Waals surface area contributed by atoms with Gasteiger partial charge >= 0.3 is 5.97 Å². The molecule has 1 aromatic carbocycles. The average Bonchev–Trinajstić information content (AvgIpc) is 2.32. The average molecular weight is 288 g/mol. The minimum Gasteiger partial charge on any atom is -0.458 e. The number of aromatic nitrogens is 2. The number of fused-ring (bicyclic) bond motifs is 1. The van der Waals surface area contributed by atoms with Crippen molar-refractivity contribution in [1.29, 1.82) is 0 Å². The van der Waals surface area contributed by atoms with Gasteiger partial charge in [0, 0.05) is 6.92 Å². The molecule has 0 fully saturated rings. The molecule has 5 nitrogen and oxygen atoms in total. The summed E-state index contributed by atoms with van der Waals surface area (Å²) >= 11 is 0. The highest BCUT2D eigenvalue weighted by Gasteiger charge is 2.24. The molecule has 2 aromatic rings. The van der Waals surface area contributed by atoms with Crippen molar-refractivity contribution in [3.63, 3.8) is 0 Å². The molecular weight excluding hydrogens is 268 g/mol. The summed E-state index contributed by atoms with van der Waals surface area (Å²) in [5.74, 6) is 0.244. The molecule has 0 amide bonds. The first-order chi connectivity index (χ1) is 9.71. The number of nitrogens with zero attached hydrogens (tertiary/aromatic N) is 2. The molecule has 0 spiro atoms. The van der Waals surface area contributed by atoms with Crippen LogP contribution in [0.25, 0.3) is 10.9 Å². The van der Waals surface area contributed by atoms with E-state index < -0.39 is 5.60 Å². The third kappa shape index (κ3) is 3.12. The minimum atomic E-state index is -0.765. The molecule has 0 aliphatic rings. The standard InChI is InChI=1S/C16H20N2O3/c1-10-7-6-8-13-14(10)15(20)18(11(2)17-13)9-16(4,5)21-12(3)19/h6-8H,9H2,1-5H3. The molecule has 0 N–H and O–H groups in total. The van der Waals surface area contributed by atoms with Gasteiger partial charge in [0.05, 0.1) is 17.4 Å². The Bertz CT molecular complexity index is 760. The van der Waals surface area contributed by atoms with E-state index in [9.17, 15) is 9.59 Å². The molecule has 1 heterocycles. The first kappa shape index (κ1) is 15.2. The minimum absolute atomic E-state index is 0.101. The fourth-order valence-electron chi connectivity index (χ4n) is 2.53. The second-order valence-corrected chi connectivity index (χ2v) is 5.87. The van der Waals surface area contributed by atoms with Crippen molar-refractivity contribution in [3.05, 3.63) is 39.9 Å². The van der Waals surface area contributed by atoms with Crippen LogP contribution in [0.1, 0.15) is 32.2 Å². The van der Waals surface area contributed by atoms with E-state index in [1.807, 2.05) is 25.1 Å². The van der Waals surface area contributed by atoms with Crippen molar-refractivity contribution in [2.45, 2.75) is 46.8 Å². The van der Waals surface area contributed by atoms with Gasteiger partial charge in [-0.2, -0.15) is 0 Å². The van der Waals surface area contributed by atoms with Gasteiger partial charge in [0.1, 0.15) is 11.4 Å². The van der Waals surface area contributed by atoms with Crippen molar-refractivity contribution in [3.8, 4) is 0 Å².